The average molecular weight is 248 g/mol. The minimum atomic E-state index is -3.02. The highest BCUT2D eigenvalue weighted by molar-refractivity contribution is 7.09. The van der Waals surface area contributed by atoms with Gasteiger partial charge >= 0.3 is 0 Å². The molecule has 0 unspecified atom stereocenters. The van der Waals surface area contributed by atoms with Crippen LogP contribution in [0.15, 0.2) is 17.5 Å². The molecule has 0 saturated carbocycles. The Kier molecular flexibility index (Phi) is 4.82. The molecule has 90 valence electrons. The molecule has 0 aliphatic rings. The Morgan fingerprint density at radius 1 is 1.56 bits per heavy atom. The van der Waals surface area contributed by atoms with E-state index in [1.165, 1.54) is 0 Å². The van der Waals surface area contributed by atoms with E-state index in [4.69, 9.17) is 5.73 Å². The van der Waals surface area contributed by atoms with Crippen LogP contribution in [-0.4, -0.2) is 24.9 Å². The highest BCUT2D eigenvalue weighted by Crippen LogP contribution is 2.11. The second-order valence-corrected chi connectivity index (χ2v) is 4.45. The van der Waals surface area contributed by atoms with E-state index in [0.29, 0.717) is 6.42 Å². The van der Waals surface area contributed by atoms with Crippen LogP contribution >= 0.6 is 11.3 Å². The smallest absolute Gasteiger partial charge is 0.277 e. The first kappa shape index (κ1) is 13.1. The summed E-state index contributed by atoms with van der Waals surface area (Å²) in [6, 6.07) is 3.80. The summed E-state index contributed by atoms with van der Waals surface area (Å²) in [7, 11) is 0. The summed E-state index contributed by atoms with van der Waals surface area (Å²) in [4.78, 5) is 12.3. The van der Waals surface area contributed by atoms with Crippen molar-refractivity contribution in [2.75, 3.05) is 13.1 Å². The first-order chi connectivity index (χ1) is 7.53. The van der Waals surface area contributed by atoms with Crippen molar-refractivity contribution in [2.24, 2.45) is 5.73 Å². The zero-order valence-electron chi connectivity index (χ0n) is 8.71. The fourth-order valence-electron chi connectivity index (χ4n) is 1.08. The molecule has 3 N–H and O–H groups in total. The quantitative estimate of drug-likeness (QED) is 0.799. The third-order valence-corrected chi connectivity index (χ3v) is 2.96. The van der Waals surface area contributed by atoms with Gasteiger partial charge in [0.25, 0.3) is 5.92 Å². The molecular formula is C10H14F2N2OS. The first-order valence-corrected chi connectivity index (χ1v) is 5.78. The van der Waals surface area contributed by atoms with Crippen LogP contribution < -0.4 is 11.1 Å². The maximum Gasteiger partial charge on any atom is 0.277 e. The van der Waals surface area contributed by atoms with E-state index >= 15 is 0 Å². The van der Waals surface area contributed by atoms with Crippen molar-refractivity contribution in [3.05, 3.63) is 22.4 Å². The number of nitrogens with one attached hydrogen (secondary N) is 1. The van der Waals surface area contributed by atoms with Crippen molar-refractivity contribution in [1.82, 2.24) is 5.32 Å². The highest BCUT2D eigenvalue weighted by atomic mass is 32.1. The predicted molar refractivity (Wildman–Crippen MR) is 59.7 cm³/mol. The number of alkyl halides is 2. The summed E-state index contributed by atoms with van der Waals surface area (Å²) in [5.41, 5.74) is 4.84. The number of hydrogen-bond donors (Lipinski definition) is 2. The van der Waals surface area contributed by atoms with Gasteiger partial charge in [-0.15, -0.1) is 11.3 Å². The maximum atomic E-state index is 12.7. The van der Waals surface area contributed by atoms with Gasteiger partial charge < -0.3 is 11.1 Å². The second kappa shape index (κ2) is 5.91. The first-order valence-electron chi connectivity index (χ1n) is 4.90. The predicted octanol–water partition coefficient (Wildman–Crippen LogP) is 1.39. The van der Waals surface area contributed by atoms with E-state index in [9.17, 15) is 13.6 Å². The fourth-order valence-corrected chi connectivity index (χ4v) is 1.79. The summed E-state index contributed by atoms with van der Waals surface area (Å²) in [5.74, 6) is -3.39. The molecule has 3 nitrogen and oxygen atoms in total. The van der Waals surface area contributed by atoms with Crippen molar-refractivity contribution in [3.63, 3.8) is 0 Å². The molecule has 0 spiro atoms. The molecule has 0 aromatic carbocycles. The standard InChI is InChI=1S/C10H14F2N2OS/c11-10(12,6-13)7-14-9(15)4-3-8-2-1-5-16-8/h1-2,5H,3-4,6-7,13H2,(H,14,15). The van der Waals surface area contributed by atoms with Gasteiger partial charge in [0.1, 0.15) is 0 Å². The number of halogens is 2. The van der Waals surface area contributed by atoms with Crippen molar-refractivity contribution < 1.29 is 13.6 Å². The Bertz CT molecular complexity index is 328. The molecule has 0 aliphatic carbocycles. The van der Waals surface area contributed by atoms with E-state index in [0.717, 1.165) is 4.88 Å². The lowest BCUT2D eigenvalue weighted by Gasteiger charge is -2.14. The topological polar surface area (TPSA) is 55.1 Å². The van der Waals surface area contributed by atoms with Crippen LogP contribution in [0.1, 0.15) is 11.3 Å². The highest BCUT2D eigenvalue weighted by Gasteiger charge is 2.26. The van der Waals surface area contributed by atoms with Gasteiger partial charge in [0, 0.05) is 11.3 Å². The van der Waals surface area contributed by atoms with Crippen molar-refractivity contribution in [1.29, 1.82) is 0 Å². The molecule has 0 radical (unpaired) electrons. The largest absolute Gasteiger partial charge is 0.350 e. The summed E-state index contributed by atoms with van der Waals surface area (Å²) in [6.07, 6.45) is 0.804. The number of hydrogen-bond acceptors (Lipinski definition) is 3. The van der Waals surface area contributed by atoms with Gasteiger partial charge in [-0.05, 0) is 17.9 Å². The molecular weight excluding hydrogens is 234 g/mol. The number of rotatable bonds is 6. The molecule has 0 fully saturated rings. The molecule has 0 atom stereocenters. The lowest BCUT2D eigenvalue weighted by Crippen LogP contribution is -2.41. The lowest BCUT2D eigenvalue weighted by atomic mass is 10.2. The van der Waals surface area contributed by atoms with Gasteiger partial charge in [0.05, 0.1) is 13.1 Å². The van der Waals surface area contributed by atoms with Gasteiger partial charge in [-0.2, -0.15) is 0 Å². The molecule has 1 rings (SSSR count). The zero-order chi connectivity index (χ0) is 12.0. The molecule has 6 heteroatoms. The molecule has 16 heavy (non-hydrogen) atoms. The third kappa shape index (κ3) is 4.67. The number of aryl methyl sites for hydroxylation is 1. The van der Waals surface area contributed by atoms with Crippen LogP contribution in [0.5, 0.6) is 0 Å². The van der Waals surface area contributed by atoms with E-state index in [-0.39, 0.29) is 12.3 Å². The summed E-state index contributed by atoms with van der Waals surface area (Å²) >= 11 is 1.54. The molecule has 0 saturated heterocycles. The Balaban J connectivity index is 2.21. The third-order valence-electron chi connectivity index (χ3n) is 2.02. The fraction of sp³-hybridized carbons (Fsp3) is 0.500. The van der Waals surface area contributed by atoms with Gasteiger partial charge in [-0.1, -0.05) is 6.07 Å². The number of nitrogens with two attached hydrogens (primary N) is 1. The monoisotopic (exact) mass is 248 g/mol. The minimum absolute atomic E-state index is 0.223. The number of carbonyl (C=O) groups excluding carboxylic acids is 1. The van der Waals surface area contributed by atoms with Crippen LogP contribution in [0.25, 0.3) is 0 Å². The van der Waals surface area contributed by atoms with Crippen LogP contribution in [0, 0.1) is 0 Å². The van der Waals surface area contributed by atoms with Crippen LogP contribution in [0.2, 0.25) is 0 Å². The molecule has 1 aromatic rings. The normalized spacial score (nSPS) is 11.4. The molecule has 1 aromatic heterocycles. The molecule has 1 amide bonds. The van der Waals surface area contributed by atoms with Crippen LogP contribution in [0.3, 0.4) is 0 Å². The molecule has 0 aliphatic heterocycles. The Labute approximate surface area is 96.6 Å². The summed E-state index contributed by atoms with van der Waals surface area (Å²) in [6.45, 7) is -1.44. The van der Waals surface area contributed by atoms with Crippen LogP contribution in [0.4, 0.5) is 8.78 Å². The second-order valence-electron chi connectivity index (χ2n) is 3.42. The van der Waals surface area contributed by atoms with Gasteiger partial charge in [-0.25, -0.2) is 8.78 Å². The van der Waals surface area contributed by atoms with Gasteiger partial charge in [0.2, 0.25) is 5.91 Å². The SMILES string of the molecule is NCC(F)(F)CNC(=O)CCc1cccs1. The zero-order valence-corrected chi connectivity index (χ0v) is 9.53. The Hall–Kier alpha value is -1.01. The number of carbonyl (C=O) groups is 1. The van der Waals surface area contributed by atoms with Gasteiger partial charge in [-0.3, -0.25) is 4.79 Å². The van der Waals surface area contributed by atoms with Crippen molar-refractivity contribution >= 4 is 17.2 Å². The molecule has 0 bridgehead atoms. The van der Waals surface area contributed by atoms with E-state index < -0.39 is 19.0 Å². The van der Waals surface area contributed by atoms with E-state index in [2.05, 4.69) is 5.32 Å². The number of amides is 1. The molecule has 1 heterocycles. The summed E-state index contributed by atoms with van der Waals surface area (Å²) in [5, 5.41) is 4.08. The van der Waals surface area contributed by atoms with Gasteiger partial charge in [0.15, 0.2) is 0 Å². The van der Waals surface area contributed by atoms with Crippen molar-refractivity contribution in [2.45, 2.75) is 18.8 Å². The van der Waals surface area contributed by atoms with E-state index in [1.807, 2.05) is 17.5 Å². The summed E-state index contributed by atoms with van der Waals surface area (Å²) < 4.78 is 25.4. The van der Waals surface area contributed by atoms with Crippen molar-refractivity contribution in [3.8, 4) is 0 Å². The maximum absolute atomic E-state index is 12.7. The number of thiophene rings is 1. The lowest BCUT2D eigenvalue weighted by molar-refractivity contribution is -0.122. The Morgan fingerprint density at radius 3 is 2.88 bits per heavy atom. The Morgan fingerprint density at radius 2 is 2.31 bits per heavy atom. The average Bonchev–Trinajstić information content (AvgIpc) is 2.76. The minimum Gasteiger partial charge on any atom is -0.350 e. The van der Waals surface area contributed by atoms with Crippen LogP contribution in [-0.2, 0) is 11.2 Å². The van der Waals surface area contributed by atoms with E-state index in [1.54, 1.807) is 11.3 Å².